The lowest BCUT2D eigenvalue weighted by Gasteiger charge is -2.17. The van der Waals surface area contributed by atoms with Crippen molar-refractivity contribution in [1.82, 2.24) is 5.32 Å². The van der Waals surface area contributed by atoms with Crippen molar-refractivity contribution in [2.75, 3.05) is 5.75 Å². The average molecular weight is 359 g/mol. The third-order valence-corrected chi connectivity index (χ3v) is 4.97. The van der Waals surface area contributed by atoms with E-state index in [0.717, 1.165) is 23.7 Å². The van der Waals surface area contributed by atoms with Crippen molar-refractivity contribution in [3.63, 3.8) is 0 Å². The summed E-state index contributed by atoms with van der Waals surface area (Å²) in [7, 11) is 0. The van der Waals surface area contributed by atoms with Gasteiger partial charge >= 0.3 is 0 Å². The highest BCUT2D eigenvalue weighted by Crippen LogP contribution is 2.23. The molecule has 1 atom stereocenters. The summed E-state index contributed by atoms with van der Waals surface area (Å²) >= 11 is 1.13. The number of hydrogen-bond acceptors (Lipinski definition) is 3. The summed E-state index contributed by atoms with van der Waals surface area (Å²) < 4.78 is 14.0. The first kappa shape index (κ1) is 19.2. The van der Waals surface area contributed by atoms with Crippen molar-refractivity contribution in [2.45, 2.75) is 38.1 Å². The lowest BCUT2D eigenvalue weighted by molar-refractivity contribution is -0.119. The molecule has 1 N–H and O–H groups in total. The minimum Gasteiger partial charge on any atom is -0.349 e. The first-order valence-corrected chi connectivity index (χ1v) is 9.18. The van der Waals surface area contributed by atoms with Gasteiger partial charge in [0.2, 0.25) is 5.91 Å². The third kappa shape index (κ3) is 5.43. The minimum atomic E-state index is -0.476. The van der Waals surface area contributed by atoms with E-state index in [2.05, 4.69) is 5.32 Å². The molecule has 2 aromatic rings. The average Bonchev–Trinajstić information content (AvgIpc) is 2.59. The summed E-state index contributed by atoms with van der Waals surface area (Å²) in [5.41, 5.74) is 2.56. The number of carbonyl (C=O) groups excluding carboxylic acids is 2. The van der Waals surface area contributed by atoms with Crippen LogP contribution in [0.15, 0.2) is 47.4 Å². The summed E-state index contributed by atoms with van der Waals surface area (Å²) in [5, 5.41) is 2.99. The number of Topliss-reactive ketones (excluding diaryl/α,β-unsaturated/α-hetero) is 1. The highest BCUT2D eigenvalue weighted by atomic mass is 32.2. The van der Waals surface area contributed by atoms with Gasteiger partial charge in [-0.1, -0.05) is 42.8 Å². The molecule has 0 aliphatic carbocycles. The van der Waals surface area contributed by atoms with E-state index in [0.29, 0.717) is 10.5 Å². The molecule has 0 saturated carbocycles. The number of nitrogens with one attached hydrogen (secondary N) is 1. The van der Waals surface area contributed by atoms with Gasteiger partial charge in [-0.15, -0.1) is 11.8 Å². The number of benzene rings is 2. The monoisotopic (exact) mass is 359 g/mol. The van der Waals surface area contributed by atoms with Crippen LogP contribution in [0.1, 0.15) is 47.8 Å². The fraction of sp³-hybridized carbons (Fsp3) is 0.300. The molecule has 0 aliphatic rings. The number of ketones is 1. The predicted molar refractivity (Wildman–Crippen MR) is 99.5 cm³/mol. The number of hydrogen-bond donors (Lipinski definition) is 1. The quantitative estimate of drug-likeness (QED) is 0.576. The number of aryl methyl sites for hydroxylation is 1. The Balaban J connectivity index is 1.95. The maximum absolute atomic E-state index is 14.0. The molecule has 0 aliphatic heterocycles. The molecule has 2 aromatic carbocycles. The van der Waals surface area contributed by atoms with E-state index >= 15 is 0 Å². The number of halogens is 1. The van der Waals surface area contributed by atoms with Gasteiger partial charge in [-0.05, 0) is 38.0 Å². The molecule has 0 radical (unpaired) electrons. The van der Waals surface area contributed by atoms with Crippen LogP contribution < -0.4 is 5.32 Å². The molecule has 25 heavy (non-hydrogen) atoms. The van der Waals surface area contributed by atoms with E-state index in [1.807, 2.05) is 38.1 Å². The fourth-order valence-corrected chi connectivity index (χ4v) is 3.17. The number of amides is 1. The van der Waals surface area contributed by atoms with Crippen molar-refractivity contribution in [3.05, 3.63) is 65.0 Å². The summed E-state index contributed by atoms with van der Waals surface area (Å²) in [6, 6.07) is 12.3. The maximum atomic E-state index is 14.0. The number of rotatable bonds is 7. The van der Waals surface area contributed by atoms with Gasteiger partial charge < -0.3 is 5.32 Å². The first-order chi connectivity index (χ1) is 11.9. The predicted octanol–water partition coefficient (Wildman–Crippen LogP) is 4.70. The molecule has 5 heteroatoms. The van der Waals surface area contributed by atoms with Crippen LogP contribution >= 0.6 is 11.8 Å². The summed E-state index contributed by atoms with van der Waals surface area (Å²) in [4.78, 5) is 23.8. The molecule has 0 heterocycles. The Hall–Kier alpha value is -2.14. The van der Waals surface area contributed by atoms with E-state index in [1.54, 1.807) is 12.1 Å². The second-order valence-corrected chi connectivity index (χ2v) is 6.95. The Bertz CT molecular complexity index is 759. The smallest absolute Gasteiger partial charge is 0.230 e. The van der Waals surface area contributed by atoms with Gasteiger partial charge in [0.05, 0.1) is 11.8 Å². The first-order valence-electron chi connectivity index (χ1n) is 8.20. The summed E-state index contributed by atoms with van der Waals surface area (Å²) in [6.07, 6.45) is 0.779. The SMILES string of the molecule is CCC(NC(=O)CSc1ccc(C(C)=O)cc1F)c1ccc(C)cc1. The van der Waals surface area contributed by atoms with Crippen LogP contribution in [0, 0.1) is 12.7 Å². The van der Waals surface area contributed by atoms with Gasteiger partial charge in [-0.2, -0.15) is 0 Å². The minimum absolute atomic E-state index is 0.0568. The van der Waals surface area contributed by atoms with Crippen LogP contribution in [0.3, 0.4) is 0 Å². The second kappa shape index (κ2) is 8.81. The zero-order valence-corrected chi connectivity index (χ0v) is 15.5. The molecule has 0 aromatic heterocycles. The second-order valence-electron chi connectivity index (χ2n) is 5.93. The Labute approximate surface area is 152 Å². The molecule has 132 valence electrons. The van der Waals surface area contributed by atoms with E-state index in [1.165, 1.54) is 18.6 Å². The van der Waals surface area contributed by atoms with Crippen LogP contribution in [-0.4, -0.2) is 17.4 Å². The Kier molecular flexibility index (Phi) is 6.76. The zero-order chi connectivity index (χ0) is 18.4. The number of carbonyl (C=O) groups is 2. The lowest BCUT2D eigenvalue weighted by Crippen LogP contribution is -2.29. The molecule has 3 nitrogen and oxygen atoms in total. The molecule has 0 spiro atoms. The standard InChI is InChI=1S/C20H22FNO2S/c1-4-18(15-7-5-13(2)6-8-15)22-20(24)12-25-19-10-9-16(14(3)23)11-17(19)21/h5-11,18H,4,12H2,1-3H3,(H,22,24). The van der Waals surface area contributed by atoms with E-state index < -0.39 is 5.82 Å². The van der Waals surface area contributed by atoms with Crippen LogP contribution in [0.25, 0.3) is 0 Å². The normalized spacial score (nSPS) is 11.8. The third-order valence-electron chi connectivity index (χ3n) is 3.92. The van der Waals surface area contributed by atoms with E-state index in [9.17, 15) is 14.0 Å². The van der Waals surface area contributed by atoms with Crippen molar-refractivity contribution in [3.8, 4) is 0 Å². The van der Waals surface area contributed by atoms with Crippen molar-refractivity contribution < 1.29 is 14.0 Å². The van der Waals surface area contributed by atoms with Crippen LogP contribution in [0.4, 0.5) is 4.39 Å². The van der Waals surface area contributed by atoms with Gasteiger partial charge in [-0.25, -0.2) is 4.39 Å². The van der Waals surface area contributed by atoms with Crippen molar-refractivity contribution in [1.29, 1.82) is 0 Å². The molecule has 1 unspecified atom stereocenters. The molecule has 0 bridgehead atoms. The van der Waals surface area contributed by atoms with Gasteiger partial charge in [-0.3, -0.25) is 9.59 Å². The molecule has 2 rings (SSSR count). The topological polar surface area (TPSA) is 46.2 Å². The van der Waals surface area contributed by atoms with Gasteiger partial charge in [0.1, 0.15) is 5.82 Å². The lowest BCUT2D eigenvalue weighted by atomic mass is 10.0. The Morgan fingerprint density at radius 3 is 2.40 bits per heavy atom. The largest absolute Gasteiger partial charge is 0.349 e. The maximum Gasteiger partial charge on any atom is 0.230 e. The summed E-state index contributed by atoms with van der Waals surface area (Å²) in [6.45, 7) is 5.43. The molecule has 1 amide bonds. The molecular weight excluding hydrogens is 337 g/mol. The molecule has 0 saturated heterocycles. The van der Waals surface area contributed by atoms with E-state index in [-0.39, 0.29) is 23.5 Å². The fourth-order valence-electron chi connectivity index (χ4n) is 2.44. The summed E-state index contributed by atoms with van der Waals surface area (Å²) in [5.74, 6) is -0.681. The Morgan fingerprint density at radius 1 is 1.16 bits per heavy atom. The highest BCUT2D eigenvalue weighted by Gasteiger charge is 2.14. The van der Waals surface area contributed by atoms with Gasteiger partial charge in [0, 0.05) is 10.5 Å². The Morgan fingerprint density at radius 2 is 1.84 bits per heavy atom. The van der Waals surface area contributed by atoms with E-state index in [4.69, 9.17) is 0 Å². The van der Waals surface area contributed by atoms with Crippen molar-refractivity contribution >= 4 is 23.5 Å². The molecular formula is C20H22FNO2S. The molecule has 0 fully saturated rings. The van der Waals surface area contributed by atoms with Crippen LogP contribution in [0.5, 0.6) is 0 Å². The number of thioether (sulfide) groups is 1. The van der Waals surface area contributed by atoms with Gasteiger partial charge in [0.15, 0.2) is 5.78 Å². The zero-order valence-electron chi connectivity index (χ0n) is 14.6. The van der Waals surface area contributed by atoms with Crippen LogP contribution in [-0.2, 0) is 4.79 Å². The van der Waals surface area contributed by atoms with Crippen molar-refractivity contribution in [2.24, 2.45) is 0 Å². The highest BCUT2D eigenvalue weighted by molar-refractivity contribution is 8.00. The van der Waals surface area contributed by atoms with Crippen LogP contribution in [0.2, 0.25) is 0 Å². The van der Waals surface area contributed by atoms with Gasteiger partial charge in [0.25, 0.3) is 0 Å².